The maximum atomic E-state index is 5.63. The van der Waals surface area contributed by atoms with Crippen molar-refractivity contribution in [2.24, 2.45) is 0 Å². The Kier molecular flexibility index (Phi) is 4.72. The van der Waals surface area contributed by atoms with E-state index in [1.165, 1.54) is 27.8 Å². The lowest BCUT2D eigenvalue weighted by atomic mass is 9.95. The van der Waals surface area contributed by atoms with Crippen molar-refractivity contribution in [3.8, 4) is 0 Å². The van der Waals surface area contributed by atoms with Gasteiger partial charge in [0.1, 0.15) is 0 Å². The molecule has 18 heavy (non-hydrogen) atoms. The van der Waals surface area contributed by atoms with E-state index < -0.39 is 8.80 Å². The zero-order valence-corrected chi connectivity index (χ0v) is 13.7. The monoisotopic (exact) mass is 268 g/mol. The normalized spacial score (nSPS) is 12.0. The first kappa shape index (κ1) is 15.4. The van der Waals surface area contributed by atoms with E-state index in [1.54, 1.807) is 21.3 Å². The molecule has 0 radical (unpaired) electrons. The summed E-state index contributed by atoms with van der Waals surface area (Å²) in [6.45, 7) is 10.7. The Balaban J connectivity index is 3.69. The van der Waals surface area contributed by atoms with Crippen LogP contribution in [0.25, 0.3) is 0 Å². The quantitative estimate of drug-likeness (QED) is 0.784. The molecule has 0 aliphatic carbocycles. The van der Waals surface area contributed by atoms with Crippen LogP contribution in [0.1, 0.15) is 27.8 Å². The van der Waals surface area contributed by atoms with Gasteiger partial charge in [-0.25, -0.2) is 0 Å². The van der Waals surface area contributed by atoms with Crippen LogP contribution in [0.15, 0.2) is 0 Å². The van der Waals surface area contributed by atoms with E-state index in [0.717, 1.165) is 5.19 Å². The van der Waals surface area contributed by atoms with E-state index in [2.05, 4.69) is 34.6 Å². The summed E-state index contributed by atoms with van der Waals surface area (Å²) in [7, 11) is 2.20. The molecule has 0 bridgehead atoms. The predicted octanol–water partition coefficient (Wildman–Crippen LogP) is 2.31. The Morgan fingerprint density at radius 1 is 0.556 bits per heavy atom. The summed E-state index contributed by atoms with van der Waals surface area (Å²) < 4.78 is 16.9. The molecule has 0 aliphatic rings. The number of benzene rings is 1. The van der Waals surface area contributed by atoms with Gasteiger partial charge in [-0.2, -0.15) is 0 Å². The lowest BCUT2D eigenvalue weighted by Gasteiger charge is -2.30. The van der Waals surface area contributed by atoms with Crippen LogP contribution in [-0.2, 0) is 13.3 Å². The van der Waals surface area contributed by atoms with Gasteiger partial charge in [0.05, 0.1) is 0 Å². The largest absolute Gasteiger partial charge is 0.536 e. The van der Waals surface area contributed by atoms with Crippen molar-refractivity contribution in [1.29, 1.82) is 0 Å². The highest BCUT2D eigenvalue weighted by Crippen LogP contribution is 2.23. The minimum Gasteiger partial charge on any atom is -0.373 e. The van der Waals surface area contributed by atoms with E-state index in [0.29, 0.717) is 0 Å². The fourth-order valence-corrected chi connectivity index (χ4v) is 4.92. The Bertz CT molecular complexity index is 414. The molecular weight excluding hydrogens is 244 g/mol. The molecule has 0 aliphatic heterocycles. The molecule has 0 unspecified atom stereocenters. The van der Waals surface area contributed by atoms with Gasteiger partial charge in [0, 0.05) is 26.5 Å². The molecule has 0 fully saturated rings. The highest BCUT2D eigenvalue weighted by molar-refractivity contribution is 6.76. The van der Waals surface area contributed by atoms with Crippen LogP contribution in [0.2, 0.25) is 0 Å². The smallest absolute Gasteiger partial charge is 0.373 e. The van der Waals surface area contributed by atoms with E-state index in [-0.39, 0.29) is 0 Å². The van der Waals surface area contributed by atoms with Gasteiger partial charge in [-0.1, -0.05) is 0 Å². The third kappa shape index (κ3) is 2.14. The minimum atomic E-state index is -2.77. The van der Waals surface area contributed by atoms with Crippen molar-refractivity contribution in [2.75, 3.05) is 21.3 Å². The molecule has 1 aromatic rings. The van der Waals surface area contributed by atoms with Crippen LogP contribution in [-0.4, -0.2) is 30.1 Å². The number of rotatable bonds is 4. The average molecular weight is 268 g/mol. The topological polar surface area (TPSA) is 27.7 Å². The molecule has 4 heteroatoms. The molecule has 1 aromatic carbocycles. The van der Waals surface area contributed by atoms with Crippen LogP contribution in [0.3, 0.4) is 0 Å². The Labute approximate surface area is 111 Å². The molecular formula is C14H24O3Si. The Morgan fingerprint density at radius 2 is 0.833 bits per heavy atom. The van der Waals surface area contributed by atoms with Crippen molar-refractivity contribution >= 4 is 14.0 Å². The summed E-state index contributed by atoms with van der Waals surface area (Å²) in [6, 6.07) is 0. The van der Waals surface area contributed by atoms with Gasteiger partial charge in [-0.15, -0.1) is 0 Å². The Hall–Kier alpha value is -0.683. The lowest BCUT2D eigenvalue weighted by molar-refractivity contribution is 0.140. The van der Waals surface area contributed by atoms with Crippen molar-refractivity contribution < 1.29 is 13.3 Å². The fourth-order valence-electron chi connectivity index (χ4n) is 2.52. The van der Waals surface area contributed by atoms with E-state index >= 15 is 0 Å². The molecule has 0 aromatic heterocycles. The van der Waals surface area contributed by atoms with Crippen LogP contribution in [0.5, 0.6) is 0 Å². The van der Waals surface area contributed by atoms with Crippen molar-refractivity contribution in [2.45, 2.75) is 34.6 Å². The minimum absolute atomic E-state index is 1.11. The molecule has 0 saturated heterocycles. The standard InChI is InChI=1S/C14H24O3Si/c1-9-10(2)12(4)14(13(5)11(9)3)18(15-6,16-7)17-8/h1-8H3. The summed E-state index contributed by atoms with van der Waals surface area (Å²) in [5, 5.41) is 1.11. The predicted molar refractivity (Wildman–Crippen MR) is 76.5 cm³/mol. The van der Waals surface area contributed by atoms with Crippen LogP contribution in [0.4, 0.5) is 0 Å². The molecule has 3 nitrogen and oxygen atoms in total. The van der Waals surface area contributed by atoms with Gasteiger partial charge in [0.15, 0.2) is 0 Å². The van der Waals surface area contributed by atoms with Gasteiger partial charge in [0.2, 0.25) is 0 Å². The first-order chi connectivity index (χ1) is 8.36. The van der Waals surface area contributed by atoms with E-state index in [1.807, 2.05) is 0 Å². The van der Waals surface area contributed by atoms with Crippen LogP contribution < -0.4 is 5.19 Å². The zero-order chi connectivity index (χ0) is 14.1. The third-order valence-electron chi connectivity index (χ3n) is 4.11. The summed E-state index contributed by atoms with van der Waals surface area (Å²) >= 11 is 0. The average Bonchev–Trinajstić information content (AvgIpc) is 2.39. The second kappa shape index (κ2) is 5.53. The summed E-state index contributed by atoms with van der Waals surface area (Å²) in [6.07, 6.45) is 0. The molecule has 102 valence electrons. The first-order valence-electron chi connectivity index (χ1n) is 6.09. The van der Waals surface area contributed by atoms with Crippen molar-refractivity contribution in [3.05, 3.63) is 27.8 Å². The third-order valence-corrected chi connectivity index (χ3v) is 7.09. The second-order valence-corrected chi connectivity index (χ2v) is 7.51. The van der Waals surface area contributed by atoms with Crippen LogP contribution >= 0.6 is 0 Å². The number of hydrogen-bond donors (Lipinski definition) is 0. The SMILES string of the molecule is CO[Si](OC)(OC)c1c(C)c(C)c(C)c(C)c1C. The van der Waals surface area contributed by atoms with Gasteiger partial charge in [-0.05, 0) is 62.4 Å². The second-order valence-electron chi connectivity index (χ2n) is 4.67. The molecule has 0 atom stereocenters. The molecule has 0 amide bonds. The lowest BCUT2D eigenvalue weighted by Crippen LogP contribution is -2.57. The van der Waals surface area contributed by atoms with Gasteiger partial charge < -0.3 is 13.3 Å². The van der Waals surface area contributed by atoms with Gasteiger partial charge in [-0.3, -0.25) is 0 Å². The highest BCUT2D eigenvalue weighted by Gasteiger charge is 2.44. The van der Waals surface area contributed by atoms with Crippen molar-refractivity contribution in [1.82, 2.24) is 0 Å². The van der Waals surface area contributed by atoms with Crippen LogP contribution in [0, 0.1) is 34.6 Å². The van der Waals surface area contributed by atoms with E-state index in [9.17, 15) is 0 Å². The van der Waals surface area contributed by atoms with Gasteiger partial charge >= 0.3 is 8.80 Å². The highest BCUT2D eigenvalue weighted by atomic mass is 28.4. The first-order valence-corrected chi connectivity index (χ1v) is 7.81. The fraction of sp³-hybridized carbons (Fsp3) is 0.571. The maximum Gasteiger partial charge on any atom is 0.536 e. The molecule has 0 spiro atoms. The van der Waals surface area contributed by atoms with Crippen molar-refractivity contribution in [3.63, 3.8) is 0 Å². The molecule has 0 heterocycles. The molecule has 0 saturated carbocycles. The zero-order valence-electron chi connectivity index (χ0n) is 12.7. The number of hydrogen-bond acceptors (Lipinski definition) is 3. The molecule has 1 rings (SSSR count). The summed E-state index contributed by atoms with van der Waals surface area (Å²) in [4.78, 5) is 0. The summed E-state index contributed by atoms with van der Waals surface area (Å²) in [5.41, 5.74) is 6.34. The van der Waals surface area contributed by atoms with E-state index in [4.69, 9.17) is 13.3 Å². The summed E-state index contributed by atoms with van der Waals surface area (Å²) in [5.74, 6) is 0. The molecule has 0 N–H and O–H groups in total. The maximum absolute atomic E-state index is 5.63. The Morgan fingerprint density at radius 3 is 1.11 bits per heavy atom. The van der Waals surface area contributed by atoms with Gasteiger partial charge in [0.25, 0.3) is 0 Å².